The van der Waals surface area contributed by atoms with Gasteiger partial charge < -0.3 is 10.2 Å². The molecule has 1 amide bonds. The summed E-state index contributed by atoms with van der Waals surface area (Å²) in [5.74, 6) is -0.182. The van der Waals surface area contributed by atoms with Gasteiger partial charge in [0.2, 0.25) is 0 Å². The molecule has 1 fully saturated rings. The smallest absolute Gasteiger partial charge is 0.264 e. The highest BCUT2D eigenvalue weighted by Crippen LogP contribution is 2.34. The van der Waals surface area contributed by atoms with Crippen LogP contribution < -0.4 is 10.2 Å². The molecular weight excluding hydrogens is 377 g/mol. The average Bonchev–Trinajstić information content (AvgIpc) is 2.92. The van der Waals surface area contributed by atoms with E-state index in [-0.39, 0.29) is 5.91 Å². The first-order valence-electron chi connectivity index (χ1n) is 7.45. The van der Waals surface area contributed by atoms with E-state index in [9.17, 15) is 4.79 Å². The minimum Gasteiger partial charge on any atom is -0.378 e. The maximum Gasteiger partial charge on any atom is 0.264 e. The number of amidine groups is 1. The molecule has 1 saturated heterocycles. The van der Waals surface area contributed by atoms with E-state index in [0.29, 0.717) is 25.8 Å². The summed E-state index contributed by atoms with van der Waals surface area (Å²) in [7, 11) is 3.97. The van der Waals surface area contributed by atoms with E-state index < -0.39 is 0 Å². The van der Waals surface area contributed by atoms with Crippen LogP contribution in [0.5, 0.6) is 0 Å². The quantitative estimate of drug-likeness (QED) is 0.752. The number of rotatable bonds is 3. The molecule has 0 spiro atoms. The van der Waals surface area contributed by atoms with Crippen LogP contribution >= 0.6 is 35.0 Å². The Hall–Kier alpha value is -1.95. The second-order valence-electron chi connectivity index (χ2n) is 5.54. The Kier molecular flexibility index (Phi) is 5.37. The number of halogens is 2. The monoisotopic (exact) mass is 391 g/mol. The van der Waals surface area contributed by atoms with E-state index in [2.05, 4.69) is 10.3 Å². The van der Waals surface area contributed by atoms with Crippen LogP contribution in [-0.2, 0) is 4.79 Å². The van der Waals surface area contributed by atoms with Crippen LogP contribution in [-0.4, -0.2) is 25.2 Å². The molecule has 1 heterocycles. The number of nitrogens with zero attached hydrogens (tertiary/aromatic N) is 2. The Morgan fingerprint density at radius 2 is 1.84 bits per heavy atom. The molecule has 3 rings (SSSR count). The van der Waals surface area contributed by atoms with E-state index in [4.69, 9.17) is 23.2 Å². The molecule has 2 aromatic rings. The summed E-state index contributed by atoms with van der Waals surface area (Å²) in [5.41, 5.74) is 2.57. The van der Waals surface area contributed by atoms with Gasteiger partial charge in [-0.25, -0.2) is 4.99 Å². The normalized spacial score (nSPS) is 17.2. The first-order valence-corrected chi connectivity index (χ1v) is 9.02. The average molecular weight is 392 g/mol. The Morgan fingerprint density at radius 3 is 2.52 bits per heavy atom. The first kappa shape index (κ1) is 17.9. The lowest BCUT2D eigenvalue weighted by molar-refractivity contribution is -0.115. The molecule has 1 aliphatic rings. The molecule has 0 atom stereocenters. The van der Waals surface area contributed by atoms with Gasteiger partial charge in [0, 0.05) is 19.8 Å². The van der Waals surface area contributed by atoms with E-state index in [0.717, 1.165) is 11.3 Å². The van der Waals surface area contributed by atoms with Gasteiger partial charge >= 0.3 is 0 Å². The van der Waals surface area contributed by atoms with Crippen molar-refractivity contribution < 1.29 is 4.79 Å². The Morgan fingerprint density at radius 1 is 1.12 bits per heavy atom. The summed E-state index contributed by atoms with van der Waals surface area (Å²) >= 11 is 13.4. The number of aliphatic imine (C=N–C) groups is 1. The molecule has 1 aliphatic heterocycles. The van der Waals surface area contributed by atoms with Crippen LogP contribution in [0.25, 0.3) is 6.08 Å². The fourth-order valence-corrected chi connectivity index (χ4v) is 3.36. The number of amides is 1. The predicted octanol–water partition coefficient (Wildman–Crippen LogP) is 4.95. The summed E-state index contributed by atoms with van der Waals surface area (Å²) in [6, 6.07) is 13.2. The van der Waals surface area contributed by atoms with Crippen LogP contribution in [0.3, 0.4) is 0 Å². The van der Waals surface area contributed by atoms with Gasteiger partial charge in [0.15, 0.2) is 5.17 Å². The number of carbonyl (C=O) groups excluding carboxylic acids is 1. The zero-order chi connectivity index (χ0) is 18.0. The van der Waals surface area contributed by atoms with Crippen molar-refractivity contribution in [3.8, 4) is 0 Å². The fourth-order valence-electron chi connectivity index (χ4n) is 2.19. The van der Waals surface area contributed by atoms with Crippen molar-refractivity contribution in [3.63, 3.8) is 0 Å². The molecule has 0 radical (unpaired) electrons. The topological polar surface area (TPSA) is 44.7 Å². The number of hydrogen-bond donors (Lipinski definition) is 1. The van der Waals surface area contributed by atoms with Crippen LogP contribution in [0, 0.1) is 0 Å². The lowest BCUT2D eigenvalue weighted by Gasteiger charge is -2.11. The maximum atomic E-state index is 12.2. The van der Waals surface area contributed by atoms with Crippen molar-refractivity contribution >= 4 is 63.5 Å². The molecule has 1 N–H and O–H groups in total. The number of carbonyl (C=O) groups is 1. The third kappa shape index (κ3) is 4.18. The largest absolute Gasteiger partial charge is 0.378 e. The van der Waals surface area contributed by atoms with Crippen molar-refractivity contribution in [2.24, 2.45) is 4.99 Å². The van der Waals surface area contributed by atoms with Gasteiger partial charge in [-0.2, -0.15) is 0 Å². The molecule has 0 unspecified atom stereocenters. The van der Waals surface area contributed by atoms with E-state index in [1.165, 1.54) is 11.8 Å². The lowest BCUT2D eigenvalue weighted by atomic mass is 10.2. The van der Waals surface area contributed by atoms with E-state index >= 15 is 0 Å². The van der Waals surface area contributed by atoms with Crippen molar-refractivity contribution in [3.05, 3.63) is 63.0 Å². The van der Waals surface area contributed by atoms with Crippen LogP contribution in [0.1, 0.15) is 5.56 Å². The van der Waals surface area contributed by atoms with E-state index in [1.54, 1.807) is 18.2 Å². The molecule has 25 heavy (non-hydrogen) atoms. The van der Waals surface area contributed by atoms with Crippen molar-refractivity contribution in [1.29, 1.82) is 0 Å². The molecule has 4 nitrogen and oxygen atoms in total. The number of thioether (sulfide) groups is 1. The van der Waals surface area contributed by atoms with Gasteiger partial charge in [-0.15, -0.1) is 0 Å². The SMILES string of the molecule is CN(C)c1ccc(C=C2SC(=Nc3cccc(Cl)c3Cl)NC2=O)cc1. The van der Waals surface area contributed by atoms with Gasteiger partial charge in [0.1, 0.15) is 0 Å². The Labute approximate surface area is 160 Å². The Balaban J connectivity index is 1.82. The molecule has 128 valence electrons. The zero-order valence-corrected chi connectivity index (χ0v) is 15.9. The Bertz CT molecular complexity index is 876. The van der Waals surface area contributed by atoms with Crippen LogP contribution in [0.2, 0.25) is 10.0 Å². The molecule has 7 heteroatoms. The number of hydrogen-bond acceptors (Lipinski definition) is 4. The minimum atomic E-state index is -0.182. The molecule has 0 aromatic heterocycles. The molecule has 2 aromatic carbocycles. The third-order valence-corrected chi connectivity index (χ3v) is 5.23. The number of benzene rings is 2. The summed E-state index contributed by atoms with van der Waals surface area (Å²) in [4.78, 5) is 19.1. The van der Waals surface area contributed by atoms with Crippen LogP contribution in [0.4, 0.5) is 11.4 Å². The number of anilines is 1. The maximum absolute atomic E-state index is 12.2. The third-order valence-electron chi connectivity index (χ3n) is 3.51. The second kappa shape index (κ2) is 7.52. The molecule has 0 aliphatic carbocycles. The zero-order valence-electron chi connectivity index (χ0n) is 13.6. The lowest BCUT2D eigenvalue weighted by Crippen LogP contribution is -2.19. The summed E-state index contributed by atoms with van der Waals surface area (Å²) < 4.78 is 0. The second-order valence-corrected chi connectivity index (χ2v) is 7.36. The summed E-state index contributed by atoms with van der Waals surface area (Å²) in [5, 5.41) is 4.01. The summed E-state index contributed by atoms with van der Waals surface area (Å²) in [6.45, 7) is 0. The van der Waals surface area contributed by atoms with Crippen molar-refractivity contribution in [2.45, 2.75) is 0 Å². The highest BCUT2D eigenvalue weighted by molar-refractivity contribution is 8.18. The van der Waals surface area contributed by atoms with Gasteiger partial charge in [0.25, 0.3) is 5.91 Å². The molecular formula is C18H15Cl2N3OS. The van der Waals surface area contributed by atoms with Gasteiger partial charge in [-0.3, -0.25) is 4.79 Å². The van der Waals surface area contributed by atoms with Crippen molar-refractivity contribution in [1.82, 2.24) is 5.32 Å². The van der Waals surface area contributed by atoms with E-state index in [1.807, 2.05) is 49.3 Å². The highest BCUT2D eigenvalue weighted by Gasteiger charge is 2.24. The van der Waals surface area contributed by atoms with Gasteiger partial charge in [0.05, 0.1) is 20.6 Å². The fraction of sp³-hybridized carbons (Fsp3) is 0.111. The van der Waals surface area contributed by atoms with Gasteiger partial charge in [-0.1, -0.05) is 41.4 Å². The number of nitrogens with one attached hydrogen (secondary N) is 1. The van der Waals surface area contributed by atoms with Crippen molar-refractivity contribution in [2.75, 3.05) is 19.0 Å². The minimum absolute atomic E-state index is 0.182. The summed E-state index contributed by atoms with van der Waals surface area (Å²) in [6.07, 6.45) is 1.83. The van der Waals surface area contributed by atoms with Crippen LogP contribution in [0.15, 0.2) is 52.4 Å². The van der Waals surface area contributed by atoms with Gasteiger partial charge in [-0.05, 0) is 47.7 Å². The molecule has 0 bridgehead atoms. The molecule has 0 saturated carbocycles. The standard InChI is InChI=1S/C18H15Cl2N3OS/c1-23(2)12-8-6-11(7-9-12)10-15-17(24)22-18(25-15)21-14-5-3-4-13(19)16(14)20/h3-10H,1-2H3,(H,21,22,24). The predicted molar refractivity (Wildman–Crippen MR) is 108 cm³/mol. The first-order chi connectivity index (χ1) is 11.9. The highest BCUT2D eigenvalue weighted by atomic mass is 35.5.